The highest BCUT2D eigenvalue weighted by atomic mass is 35.5. The number of hydrogen-bond donors (Lipinski definition) is 0. The van der Waals surface area contributed by atoms with Crippen molar-refractivity contribution >= 4 is 40.3 Å². The Hall–Kier alpha value is -1.49. The predicted molar refractivity (Wildman–Crippen MR) is 103 cm³/mol. The summed E-state index contributed by atoms with van der Waals surface area (Å²) in [5.74, 6) is 1.49. The van der Waals surface area contributed by atoms with Crippen LogP contribution < -0.4 is 4.74 Å². The molecular formula is C18H18Cl3N3O. The maximum Gasteiger partial charge on any atom is 0.158 e. The smallest absolute Gasteiger partial charge is 0.158 e. The zero-order chi connectivity index (χ0) is 18.3. The number of aromatic nitrogens is 3. The molecular weight excluding hydrogens is 381 g/mol. The number of hydrogen-bond acceptors (Lipinski definition) is 3. The molecule has 7 heteroatoms. The molecule has 4 nitrogen and oxygen atoms in total. The number of fused-ring (bicyclic) bond motifs is 1. The van der Waals surface area contributed by atoms with Gasteiger partial charge in [-0.25, -0.2) is 9.97 Å². The Bertz CT molecular complexity index is 953. The highest BCUT2D eigenvalue weighted by Gasteiger charge is 2.24. The van der Waals surface area contributed by atoms with Gasteiger partial charge in [0.2, 0.25) is 0 Å². The molecule has 0 saturated heterocycles. The van der Waals surface area contributed by atoms with E-state index in [1.165, 1.54) is 0 Å². The first-order chi connectivity index (χ1) is 11.9. The second-order valence-electron chi connectivity index (χ2n) is 5.88. The van der Waals surface area contributed by atoms with E-state index in [-0.39, 0.29) is 5.92 Å². The zero-order valence-electron chi connectivity index (χ0n) is 14.4. The van der Waals surface area contributed by atoms with Crippen molar-refractivity contribution in [2.75, 3.05) is 6.61 Å². The lowest BCUT2D eigenvalue weighted by Gasteiger charge is -2.20. The molecule has 3 rings (SSSR count). The van der Waals surface area contributed by atoms with Gasteiger partial charge < -0.3 is 4.74 Å². The van der Waals surface area contributed by atoms with Gasteiger partial charge in [0, 0.05) is 28.9 Å². The summed E-state index contributed by atoms with van der Waals surface area (Å²) in [5, 5.41) is 1.35. The van der Waals surface area contributed by atoms with Gasteiger partial charge in [-0.1, -0.05) is 41.7 Å². The summed E-state index contributed by atoms with van der Waals surface area (Å²) in [6, 6.07) is 1.94. The Kier molecular flexibility index (Phi) is 5.14. The summed E-state index contributed by atoms with van der Waals surface area (Å²) < 4.78 is 7.78. The average Bonchev–Trinajstić information content (AvgIpc) is 2.93. The molecule has 0 N–H and O–H groups in total. The van der Waals surface area contributed by atoms with Gasteiger partial charge in [-0.05, 0) is 38.0 Å². The summed E-state index contributed by atoms with van der Waals surface area (Å²) in [5.41, 5.74) is 3.61. The molecule has 0 amide bonds. The van der Waals surface area contributed by atoms with Crippen LogP contribution in [0.25, 0.3) is 5.52 Å². The SMILES string of the molecule is CCOc1c(C(C)c2nc(Cl)c3c(Cl)nccn23)cc(Cl)c(C)c1C. The fourth-order valence-electron chi connectivity index (χ4n) is 2.96. The van der Waals surface area contributed by atoms with Crippen LogP contribution in [0.2, 0.25) is 15.3 Å². The summed E-state index contributed by atoms with van der Waals surface area (Å²) in [7, 11) is 0. The van der Waals surface area contributed by atoms with Crippen molar-refractivity contribution < 1.29 is 4.74 Å². The van der Waals surface area contributed by atoms with E-state index in [2.05, 4.69) is 9.97 Å². The van der Waals surface area contributed by atoms with Crippen LogP contribution in [-0.4, -0.2) is 21.0 Å². The molecule has 0 saturated carbocycles. The molecule has 1 atom stereocenters. The highest BCUT2D eigenvalue weighted by molar-refractivity contribution is 6.38. The molecule has 1 unspecified atom stereocenters. The molecule has 132 valence electrons. The first kappa shape index (κ1) is 18.3. The van der Waals surface area contributed by atoms with E-state index < -0.39 is 0 Å². The van der Waals surface area contributed by atoms with Crippen LogP contribution in [0, 0.1) is 13.8 Å². The maximum absolute atomic E-state index is 6.43. The van der Waals surface area contributed by atoms with E-state index in [0.717, 1.165) is 28.3 Å². The Balaban J connectivity index is 2.23. The third kappa shape index (κ3) is 3.07. The number of rotatable bonds is 4. The third-order valence-corrected chi connectivity index (χ3v) is 5.38. The fraction of sp³-hybridized carbons (Fsp3) is 0.333. The van der Waals surface area contributed by atoms with Crippen LogP contribution in [-0.2, 0) is 0 Å². The van der Waals surface area contributed by atoms with Crippen LogP contribution in [0.15, 0.2) is 18.5 Å². The van der Waals surface area contributed by atoms with E-state index in [0.29, 0.717) is 27.5 Å². The van der Waals surface area contributed by atoms with E-state index >= 15 is 0 Å². The minimum Gasteiger partial charge on any atom is -0.493 e. The van der Waals surface area contributed by atoms with Crippen LogP contribution in [0.5, 0.6) is 5.75 Å². The molecule has 3 aromatic rings. The van der Waals surface area contributed by atoms with Crippen molar-refractivity contribution in [3.8, 4) is 5.75 Å². The third-order valence-electron chi connectivity index (χ3n) is 4.44. The zero-order valence-corrected chi connectivity index (χ0v) is 16.7. The van der Waals surface area contributed by atoms with Crippen LogP contribution in [0.4, 0.5) is 0 Å². The van der Waals surface area contributed by atoms with E-state index in [9.17, 15) is 0 Å². The van der Waals surface area contributed by atoms with Gasteiger partial charge in [-0.3, -0.25) is 4.40 Å². The maximum atomic E-state index is 6.43. The minimum absolute atomic E-state index is 0.100. The number of benzene rings is 1. The number of halogens is 3. The van der Waals surface area contributed by atoms with Gasteiger partial charge in [0.25, 0.3) is 0 Å². The molecule has 0 aliphatic heterocycles. The first-order valence-corrected chi connectivity index (χ1v) is 9.10. The monoisotopic (exact) mass is 397 g/mol. The molecule has 0 aliphatic rings. The Morgan fingerprint density at radius 3 is 2.56 bits per heavy atom. The van der Waals surface area contributed by atoms with E-state index in [1.54, 1.807) is 12.4 Å². The Labute approximate surface area is 161 Å². The lowest BCUT2D eigenvalue weighted by atomic mass is 9.94. The largest absolute Gasteiger partial charge is 0.493 e. The summed E-state index contributed by atoms with van der Waals surface area (Å²) in [6.07, 6.45) is 3.43. The molecule has 1 aromatic carbocycles. The molecule has 2 heterocycles. The van der Waals surface area contributed by atoms with Crippen molar-refractivity contribution in [2.24, 2.45) is 0 Å². The summed E-state index contributed by atoms with van der Waals surface area (Å²) >= 11 is 18.9. The average molecular weight is 399 g/mol. The normalized spacial score (nSPS) is 12.6. The molecule has 25 heavy (non-hydrogen) atoms. The van der Waals surface area contributed by atoms with Gasteiger partial charge in [0.15, 0.2) is 10.3 Å². The second-order valence-corrected chi connectivity index (χ2v) is 7.00. The quantitative estimate of drug-likeness (QED) is 0.553. The molecule has 0 radical (unpaired) electrons. The van der Waals surface area contributed by atoms with Crippen LogP contribution in [0.3, 0.4) is 0 Å². The molecule has 0 fully saturated rings. The molecule has 2 aromatic heterocycles. The summed E-state index contributed by atoms with van der Waals surface area (Å²) in [4.78, 5) is 8.59. The first-order valence-electron chi connectivity index (χ1n) is 7.97. The minimum atomic E-state index is -0.100. The molecule has 0 spiro atoms. The van der Waals surface area contributed by atoms with E-state index in [4.69, 9.17) is 39.5 Å². The van der Waals surface area contributed by atoms with Crippen molar-refractivity contribution in [3.05, 3.63) is 56.3 Å². The topological polar surface area (TPSA) is 39.4 Å². The highest BCUT2D eigenvalue weighted by Crippen LogP contribution is 2.39. The fourth-order valence-corrected chi connectivity index (χ4v) is 3.77. The van der Waals surface area contributed by atoms with Crippen LogP contribution in [0.1, 0.15) is 42.3 Å². The van der Waals surface area contributed by atoms with Gasteiger partial charge in [0.1, 0.15) is 17.1 Å². The number of ether oxygens (including phenoxy) is 1. The van der Waals surface area contributed by atoms with Gasteiger partial charge >= 0.3 is 0 Å². The van der Waals surface area contributed by atoms with Crippen molar-refractivity contribution in [1.82, 2.24) is 14.4 Å². The van der Waals surface area contributed by atoms with Gasteiger partial charge in [-0.2, -0.15) is 0 Å². The van der Waals surface area contributed by atoms with Crippen molar-refractivity contribution in [1.29, 1.82) is 0 Å². The Morgan fingerprint density at radius 1 is 1.16 bits per heavy atom. The van der Waals surface area contributed by atoms with Crippen LogP contribution >= 0.6 is 34.8 Å². The van der Waals surface area contributed by atoms with Gasteiger partial charge in [-0.15, -0.1) is 0 Å². The lowest BCUT2D eigenvalue weighted by molar-refractivity contribution is 0.332. The number of imidazole rings is 1. The predicted octanol–water partition coefficient (Wildman–Crippen LogP) is 5.86. The lowest BCUT2D eigenvalue weighted by Crippen LogP contribution is -2.08. The standard InChI is InChI=1S/C18H18Cl3N3O/c1-5-25-15-10(3)9(2)13(19)8-12(15)11(4)18-23-17(21)14-16(20)22-6-7-24(14)18/h6-8,11H,5H2,1-4H3. The van der Waals surface area contributed by atoms with E-state index in [1.807, 2.05) is 38.2 Å². The summed E-state index contributed by atoms with van der Waals surface area (Å²) in [6.45, 7) is 8.58. The molecule has 0 bridgehead atoms. The number of nitrogens with zero attached hydrogens (tertiary/aromatic N) is 3. The van der Waals surface area contributed by atoms with Gasteiger partial charge in [0.05, 0.1) is 6.61 Å². The van der Waals surface area contributed by atoms with Crippen molar-refractivity contribution in [2.45, 2.75) is 33.6 Å². The second kappa shape index (κ2) is 7.02. The van der Waals surface area contributed by atoms with Crippen molar-refractivity contribution in [3.63, 3.8) is 0 Å². The Morgan fingerprint density at radius 2 is 1.88 bits per heavy atom. The molecule has 0 aliphatic carbocycles.